The van der Waals surface area contributed by atoms with Crippen molar-refractivity contribution in [2.24, 2.45) is 0 Å². The molecule has 76 heavy (non-hydrogen) atoms. The molecule has 0 unspecified atom stereocenters. The van der Waals surface area contributed by atoms with Gasteiger partial charge in [-0.3, -0.25) is 19.5 Å². The van der Waals surface area contributed by atoms with Gasteiger partial charge < -0.3 is 38.9 Å². The molecular weight excluding hydrogens is 1030 g/mol. The lowest BCUT2D eigenvalue weighted by molar-refractivity contribution is 0.0205. The molecule has 0 radical (unpaired) electrons. The molecule has 1 aliphatic rings. The van der Waals surface area contributed by atoms with E-state index in [1.807, 2.05) is 64.1 Å². The van der Waals surface area contributed by atoms with Crippen LogP contribution >= 0.6 is 11.6 Å². The lowest BCUT2D eigenvalue weighted by Gasteiger charge is -2.37. The second kappa shape index (κ2) is 24.7. The number of ether oxygens (including phenoxy) is 1. The molecule has 5 rings (SSSR count). The molecule has 2 aromatic heterocycles. The van der Waals surface area contributed by atoms with Gasteiger partial charge in [0.15, 0.2) is 25.0 Å². The van der Waals surface area contributed by atoms with Crippen LogP contribution in [0.15, 0.2) is 60.8 Å². The quantitative estimate of drug-likeness (QED) is 0.0572. The fraction of sp³-hybridized carbons (Fsp3) is 0.569. The first-order chi connectivity index (χ1) is 35.0. The number of carbonyl (C=O) groups excluding carboxylic acids is 3. The summed E-state index contributed by atoms with van der Waals surface area (Å²) in [5.74, 6) is -0.784. The van der Waals surface area contributed by atoms with Crippen LogP contribution < -0.4 is 16.0 Å². The first-order valence-electron chi connectivity index (χ1n) is 26.9. The number of rotatable bonds is 20. The Kier molecular flexibility index (Phi) is 20.3. The molecule has 18 heteroatoms. The van der Waals surface area contributed by atoms with E-state index < -0.39 is 42.6 Å². The van der Waals surface area contributed by atoms with Gasteiger partial charge in [0.2, 0.25) is 0 Å². The van der Waals surface area contributed by atoms with Crippen LogP contribution in [0.2, 0.25) is 59.4 Å². The molecular formula is C58H90ClN7O7Si3. The molecule has 1 aliphatic heterocycles. The summed E-state index contributed by atoms with van der Waals surface area (Å²) in [5, 5.41) is 10.3. The number of amides is 3. The molecule has 3 N–H and O–H groups in total. The second-order valence-electron chi connectivity index (χ2n) is 25.8. The summed E-state index contributed by atoms with van der Waals surface area (Å²) < 4.78 is 25.2. The highest BCUT2D eigenvalue weighted by Gasteiger charge is 2.39. The SMILES string of the molecule is Cc1c(NC(=O)c2ccc(CN(CCO[Si](C)(C)C(C)(C)C)C(=O)OC(C)(C)C)cn2)cccc1-c1cccc(NC(=O)c2cc(NCCO[Si](C)(C)C(C)(C)C)c3c(n2)CN(CCO[Si](C)(C)C(C)(C)C)CC3)c1Cl. The molecule has 3 amide bonds. The molecule has 0 fully saturated rings. The van der Waals surface area contributed by atoms with Gasteiger partial charge in [-0.2, -0.15) is 0 Å². The topological polar surface area (TPSA) is 156 Å². The summed E-state index contributed by atoms with van der Waals surface area (Å²) in [6.07, 6.45) is 1.94. The highest BCUT2D eigenvalue weighted by molar-refractivity contribution is 6.74. The number of pyridine rings is 2. The van der Waals surface area contributed by atoms with Crippen LogP contribution in [0.4, 0.5) is 21.9 Å². The highest BCUT2D eigenvalue weighted by Crippen LogP contribution is 2.40. The first-order valence-corrected chi connectivity index (χ1v) is 36.0. The third-order valence-electron chi connectivity index (χ3n) is 15.7. The number of benzene rings is 2. The normalized spacial score (nSPS) is 14.0. The largest absolute Gasteiger partial charge is 0.444 e. The number of anilines is 3. The van der Waals surface area contributed by atoms with Crippen LogP contribution in [0.3, 0.4) is 0 Å². The van der Waals surface area contributed by atoms with E-state index in [9.17, 15) is 14.4 Å². The maximum atomic E-state index is 14.3. The van der Waals surface area contributed by atoms with Crippen LogP contribution in [-0.4, -0.2) is 114 Å². The minimum absolute atomic E-state index is 0.0276. The average molecular weight is 1120 g/mol. The van der Waals surface area contributed by atoms with Crippen molar-refractivity contribution in [3.63, 3.8) is 0 Å². The van der Waals surface area contributed by atoms with E-state index in [2.05, 4.69) is 127 Å². The fourth-order valence-electron chi connectivity index (χ4n) is 7.75. The fourth-order valence-corrected chi connectivity index (χ4v) is 11.1. The third kappa shape index (κ3) is 16.5. The highest BCUT2D eigenvalue weighted by atomic mass is 35.5. The molecule has 4 aromatic rings. The van der Waals surface area contributed by atoms with Crippen molar-refractivity contribution >= 4 is 71.5 Å². The van der Waals surface area contributed by atoms with Gasteiger partial charge in [0, 0.05) is 62.5 Å². The van der Waals surface area contributed by atoms with Crippen LogP contribution in [0.1, 0.15) is 126 Å². The van der Waals surface area contributed by atoms with Crippen molar-refractivity contribution in [3.8, 4) is 11.1 Å². The van der Waals surface area contributed by atoms with Gasteiger partial charge in [-0.1, -0.05) is 104 Å². The maximum Gasteiger partial charge on any atom is 0.410 e. The second-order valence-corrected chi connectivity index (χ2v) is 40.6. The lowest BCUT2D eigenvalue weighted by atomic mass is 9.98. The number of fused-ring (bicyclic) bond motifs is 1. The van der Waals surface area contributed by atoms with E-state index in [-0.39, 0.29) is 39.0 Å². The van der Waals surface area contributed by atoms with Crippen molar-refractivity contribution < 1.29 is 32.4 Å². The van der Waals surface area contributed by atoms with Gasteiger partial charge in [0.25, 0.3) is 11.8 Å². The van der Waals surface area contributed by atoms with Gasteiger partial charge in [0.05, 0.1) is 36.2 Å². The lowest BCUT2D eigenvalue weighted by Crippen LogP contribution is -2.44. The zero-order valence-electron chi connectivity index (χ0n) is 49.4. The summed E-state index contributed by atoms with van der Waals surface area (Å²) in [4.78, 5) is 54.9. The van der Waals surface area contributed by atoms with Crippen molar-refractivity contribution in [2.45, 2.75) is 170 Å². The number of carbonyl (C=O) groups is 3. The van der Waals surface area contributed by atoms with E-state index in [1.165, 1.54) is 0 Å². The smallest absolute Gasteiger partial charge is 0.410 e. The third-order valence-corrected chi connectivity index (χ3v) is 29.7. The van der Waals surface area contributed by atoms with Gasteiger partial charge >= 0.3 is 6.09 Å². The van der Waals surface area contributed by atoms with Gasteiger partial charge in [-0.15, -0.1) is 0 Å². The number of nitrogens with zero attached hydrogens (tertiary/aromatic N) is 4. The monoisotopic (exact) mass is 1120 g/mol. The Labute approximate surface area is 463 Å². The predicted octanol–water partition coefficient (Wildman–Crippen LogP) is 14.2. The van der Waals surface area contributed by atoms with Crippen molar-refractivity contribution in [3.05, 3.63) is 99.6 Å². The van der Waals surface area contributed by atoms with E-state index >= 15 is 0 Å². The molecule has 0 saturated heterocycles. The Balaban J connectivity index is 1.32. The van der Waals surface area contributed by atoms with Gasteiger partial charge in [-0.25, -0.2) is 9.78 Å². The number of aromatic nitrogens is 2. The summed E-state index contributed by atoms with van der Waals surface area (Å²) in [5.41, 5.74) is 6.64. The Morgan fingerprint density at radius 2 is 1.25 bits per heavy atom. The molecule has 0 aliphatic carbocycles. The Bertz CT molecular complexity index is 2670. The first kappa shape index (κ1) is 62.4. The molecule has 0 saturated carbocycles. The van der Waals surface area contributed by atoms with Crippen molar-refractivity contribution in [1.29, 1.82) is 0 Å². The minimum atomic E-state index is -2.04. The molecule has 3 heterocycles. The summed E-state index contributed by atoms with van der Waals surface area (Å²) in [6.45, 7) is 45.8. The zero-order chi connectivity index (χ0) is 56.8. The summed E-state index contributed by atoms with van der Waals surface area (Å²) in [6, 6.07) is 16.4. The molecule has 0 atom stereocenters. The number of halogens is 1. The summed E-state index contributed by atoms with van der Waals surface area (Å²) >= 11 is 7.19. The van der Waals surface area contributed by atoms with E-state index in [4.69, 9.17) is 34.6 Å². The molecule has 418 valence electrons. The predicted molar refractivity (Wildman–Crippen MR) is 320 cm³/mol. The van der Waals surface area contributed by atoms with E-state index in [0.717, 1.165) is 53.1 Å². The number of nitrogens with one attached hydrogen (secondary N) is 3. The van der Waals surface area contributed by atoms with Gasteiger partial charge in [-0.05, 0) is 135 Å². The maximum absolute atomic E-state index is 14.3. The molecule has 14 nitrogen and oxygen atoms in total. The Morgan fingerprint density at radius 1 is 0.697 bits per heavy atom. The Hall–Kier alpha value is -4.47. The number of hydrogen-bond donors (Lipinski definition) is 3. The van der Waals surface area contributed by atoms with Gasteiger partial charge in [0.1, 0.15) is 17.0 Å². The van der Waals surface area contributed by atoms with Crippen LogP contribution in [0.5, 0.6) is 0 Å². The molecule has 0 spiro atoms. The average Bonchev–Trinajstić information content (AvgIpc) is 3.29. The van der Waals surface area contributed by atoms with Crippen LogP contribution in [-0.2, 0) is 37.5 Å². The minimum Gasteiger partial charge on any atom is -0.444 e. The van der Waals surface area contributed by atoms with E-state index in [1.54, 1.807) is 29.3 Å². The van der Waals surface area contributed by atoms with Crippen LogP contribution in [0.25, 0.3) is 11.1 Å². The van der Waals surface area contributed by atoms with Crippen molar-refractivity contribution in [1.82, 2.24) is 19.8 Å². The number of hydrogen-bond acceptors (Lipinski definition) is 11. The summed E-state index contributed by atoms with van der Waals surface area (Å²) in [7, 11) is -5.91. The van der Waals surface area contributed by atoms with Crippen molar-refractivity contribution in [2.75, 3.05) is 62.0 Å². The standard InChI is InChI=1S/C58H90ClN7O7Si3/c1-40-42(22-20-24-45(40)63-52(67)47-27-26-41(37-61-47)38-66(54(69)73-55(2,3)4)32-35-72-76(18,19)58(11,12)13)43-23-21-25-46(51(43)59)64-53(68)49-36-48(60-29-33-70-74(14,15)56(5,6)7)44-28-30-65(39-50(44)62-49)31-34-71-75(16,17)57(8,9)10/h20-27,36-37H,28-35,38-39H2,1-19H3,(H,60,62)(H,63,67)(H,64,68). The zero-order valence-corrected chi connectivity index (χ0v) is 53.1. The molecule has 2 aromatic carbocycles. The molecule has 0 bridgehead atoms. The Morgan fingerprint density at radius 3 is 1.83 bits per heavy atom. The van der Waals surface area contributed by atoms with Crippen LogP contribution in [0, 0.1) is 6.92 Å². The van der Waals surface area contributed by atoms with E-state index in [0.29, 0.717) is 61.4 Å².